The number of carboxylic acid groups (broad SMARTS) is 1. The van der Waals surface area contributed by atoms with E-state index in [1.807, 2.05) is 13.8 Å². The van der Waals surface area contributed by atoms with Crippen LogP contribution in [0.4, 0.5) is 0 Å². The largest absolute Gasteiger partial charge is 0.490 e. The maximum atomic E-state index is 12.6. The smallest absolute Gasteiger partial charge is 0.341 e. The molecule has 1 fully saturated rings. The van der Waals surface area contributed by atoms with E-state index in [-0.39, 0.29) is 16.7 Å². The van der Waals surface area contributed by atoms with E-state index in [1.54, 1.807) is 30.0 Å². The van der Waals surface area contributed by atoms with Gasteiger partial charge in [-0.25, -0.2) is 4.79 Å². The van der Waals surface area contributed by atoms with Crippen LogP contribution in [0.2, 0.25) is 5.02 Å². The molecule has 0 saturated carbocycles. The molecule has 1 amide bonds. The zero-order valence-electron chi connectivity index (χ0n) is 15.3. The molecular formula is C18H21ClN2O5S. The summed E-state index contributed by atoms with van der Waals surface area (Å²) in [7, 11) is 0. The third-order valence-corrected chi connectivity index (χ3v) is 4.79. The first kappa shape index (κ1) is 21.1. The van der Waals surface area contributed by atoms with E-state index in [0.29, 0.717) is 41.1 Å². The highest BCUT2D eigenvalue weighted by Gasteiger charge is 2.32. The third-order valence-electron chi connectivity index (χ3n) is 3.47. The second-order valence-corrected chi connectivity index (χ2v) is 6.78. The first-order valence-electron chi connectivity index (χ1n) is 8.47. The van der Waals surface area contributed by atoms with E-state index in [4.69, 9.17) is 26.2 Å². The maximum Gasteiger partial charge on any atom is 0.341 e. The molecule has 1 aromatic rings. The van der Waals surface area contributed by atoms with E-state index in [9.17, 15) is 9.59 Å². The van der Waals surface area contributed by atoms with Gasteiger partial charge in [0, 0.05) is 13.1 Å². The van der Waals surface area contributed by atoms with Gasteiger partial charge in [-0.2, -0.15) is 0 Å². The number of carboxylic acids is 1. The van der Waals surface area contributed by atoms with Gasteiger partial charge in [-0.1, -0.05) is 11.6 Å². The number of aliphatic imine (C=N–C) groups is 1. The lowest BCUT2D eigenvalue weighted by molar-refractivity contribution is -0.139. The Hall–Kier alpha value is -2.19. The average Bonchev–Trinajstić information content (AvgIpc) is 2.89. The number of amidine groups is 1. The van der Waals surface area contributed by atoms with Crippen LogP contribution in [0.1, 0.15) is 26.3 Å². The standard InChI is InChI=1S/C18H21ClN2O5S/c1-4-20-18-21(5-2)17(24)14(27-18)9-11-7-12(19)16(26-10-15(22)23)13(8-11)25-6-3/h7-9H,4-6,10H2,1-3H3,(H,22,23). The molecule has 0 unspecified atom stereocenters. The molecule has 0 radical (unpaired) electrons. The SMILES string of the molecule is CCN=C1SC(=Cc2cc(Cl)c(OCC(=O)O)c(OCC)c2)C(=O)N1CC. The highest BCUT2D eigenvalue weighted by atomic mass is 35.5. The number of hydrogen-bond acceptors (Lipinski definition) is 6. The summed E-state index contributed by atoms with van der Waals surface area (Å²) < 4.78 is 10.8. The Kier molecular flexibility index (Phi) is 7.55. The van der Waals surface area contributed by atoms with E-state index < -0.39 is 12.6 Å². The van der Waals surface area contributed by atoms with Crippen LogP contribution >= 0.6 is 23.4 Å². The van der Waals surface area contributed by atoms with Crippen molar-refractivity contribution >= 4 is 46.5 Å². The van der Waals surface area contributed by atoms with Crippen molar-refractivity contribution in [3.8, 4) is 11.5 Å². The molecule has 2 rings (SSSR count). The summed E-state index contributed by atoms with van der Waals surface area (Å²) in [6.07, 6.45) is 1.71. The number of thioether (sulfide) groups is 1. The summed E-state index contributed by atoms with van der Waals surface area (Å²) >= 11 is 7.57. The number of carbonyl (C=O) groups is 2. The van der Waals surface area contributed by atoms with Crippen molar-refractivity contribution in [1.82, 2.24) is 4.90 Å². The van der Waals surface area contributed by atoms with Gasteiger partial charge in [-0.05, 0) is 56.3 Å². The van der Waals surface area contributed by atoms with Gasteiger partial charge in [0.2, 0.25) is 0 Å². The Morgan fingerprint density at radius 2 is 2.07 bits per heavy atom. The molecule has 1 heterocycles. The monoisotopic (exact) mass is 412 g/mol. The topological polar surface area (TPSA) is 88.4 Å². The predicted molar refractivity (Wildman–Crippen MR) is 107 cm³/mol. The number of hydrogen-bond donors (Lipinski definition) is 1. The van der Waals surface area contributed by atoms with Gasteiger partial charge in [0.25, 0.3) is 5.91 Å². The van der Waals surface area contributed by atoms with Crippen LogP contribution in [0, 0.1) is 0 Å². The zero-order chi connectivity index (χ0) is 20.0. The van der Waals surface area contributed by atoms with Gasteiger partial charge in [0.15, 0.2) is 23.3 Å². The minimum Gasteiger partial charge on any atom is -0.490 e. The van der Waals surface area contributed by atoms with E-state index in [1.165, 1.54) is 11.8 Å². The second kappa shape index (κ2) is 9.66. The number of carbonyl (C=O) groups excluding carboxylic acids is 1. The van der Waals surface area contributed by atoms with Gasteiger partial charge >= 0.3 is 5.97 Å². The zero-order valence-corrected chi connectivity index (χ0v) is 16.9. The van der Waals surface area contributed by atoms with E-state index in [0.717, 1.165) is 0 Å². The van der Waals surface area contributed by atoms with E-state index in [2.05, 4.69) is 4.99 Å². The number of benzene rings is 1. The normalized spacial score (nSPS) is 17.0. The fourth-order valence-electron chi connectivity index (χ4n) is 2.40. The summed E-state index contributed by atoms with van der Waals surface area (Å²) in [6, 6.07) is 3.27. The molecule has 1 aromatic carbocycles. The lowest BCUT2D eigenvalue weighted by Crippen LogP contribution is -2.28. The summed E-state index contributed by atoms with van der Waals surface area (Å²) in [4.78, 5) is 29.8. The van der Waals surface area contributed by atoms with Crippen molar-refractivity contribution in [2.45, 2.75) is 20.8 Å². The molecule has 27 heavy (non-hydrogen) atoms. The van der Waals surface area contributed by atoms with Crippen LogP contribution in [0.5, 0.6) is 11.5 Å². The number of rotatable bonds is 8. The molecule has 0 spiro atoms. The molecule has 1 aliphatic rings. The number of nitrogens with zero attached hydrogens (tertiary/aromatic N) is 2. The Morgan fingerprint density at radius 3 is 2.67 bits per heavy atom. The summed E-state index contributed by atoms with van der Waals surface area (Å²) in [6.45, 7) is 6.55. The van der Waals surface area contributed by atoms with Crippen molar-refractivity contribution in [2.24, 2.45) is 4.99 Å². The Balaban J connectivity index is 2.38. The summed E-state index contributed by atoms with van der Waals surface area (Å²) in [5.74, 6) is -0.745. The highest BCUT2D eigenvalue weighted by Crippen LogP contribution is 2.39. The molecule has 7 nitrogen and oxygen atoms in total. The quantitative estimate of drug-likeness (QED) is 0.657. The first-order valence-corrected chi connectivity index (χ1v) is 9.67. The molecule has 0 aromatic heterocycles. The number of ether oxygens (including phenoxy) is 2. The fourth-order valence-corrected chi connectivity index (χ4v) is 3.78. The Bertz CT molecular complexity index is 794. The van der Waals surface area contributed by atoms with Crippen LogP contribution in [0.15, 0.2) is 22.0 Å². The lowest BCUT2D eigenvalue weighted by atomic mass is 10.1. The molecule has 0 bridgehead atoms. The minimum absolute atomic E-state index is 0.116. The Labute approximate surface area is 167 Å². The first-order chi connectivity index (χ1) is 12.9. The fraction of sp³-hybridized carbons (Fsp3) is 0.389. The van der Waals surface area contributed by atoms with Crippen LogP contribution in [-0.4, -0.2) is 53.4 Å². The van der Waals surface area contributed by atoms with Gasteiger partial charge < -0.3 is 14.6 Å². The Morgan fingerprint density at radius 1 is 1.33 bits per heavy atom. The van der Waals surface area contributed by atoms with Crippen LogP contribution in [0.3, 0.4) is 0 Å². The van der Waals surface area contributed by atoms with Crippen molar-refractivity contribution in [2.75, 3.05) is 26.3 Å². The molecule has 0 atom stereocenters. The van der Waals surface area contributed by atoms with Crippen molar-refractivity contribution in [1.29, 1.82) is 0 Å². The van der Waals surface area contributed by atoms with Crippen molar-refractivity contribution in [3.05, 3.63) is 27.6 Å². The van der Waals surface area contributed by atoms with E-state index >= 15 is 0 Å². The maximum absolute atomic E-state index is 12.6. The number of likely N-dealkylation sites (N-methyl/N-ethyl adjacent to an activating group) is 1. The second-order valence-electron chi connectivity index (χ2n) is 5.36. The lowest BCUT2D eigenvalue weighted by Gasteiger charge is -2.13. The summed E-state index contributed by atoms with van der Waals surface area (Å²) in [5, 5.41) is 9.68. The van der Waals surface area contributed by atoms with Crippen molar-refractivity contribution in [3.63, 3.8) is 0 Å². The molecule has 0 aliphatic carbocycles. The average molecular weight is 413 g/mol. The van der Waals surface area contributed by atoms with Gasteiger partial charge in [-0.15, -0.1) is 0 Å². The number of halogens is 1. The third kappa shape index (κ3) is 5.17. The van der Waals surface area contributed by atoms with Gasteiger partial charge in [0.1, 0.15) is 0 Å². The minimum atomic E-state index is -1.12. The predicted octanol–water partition coefficient (Wildman–Crippen LogP) is 3.51. The molecule has 146 valence electrons. The van der Waals surface area contributed by atoms with Crippen LogP contribution in [0.25, 0.3) is 6.08 Å². The molecule has 1 aliphatic heterocycles. The van der Waals surface area contributed by atoms with Crippen LogP contribution < -0.4 is 9.47 Å². The van der Waals surface area contributed by atoms with Gasteiger partial charge in [0.05, 0.1) is 16.5 Å². The number of aliphatic carboxylic acids is 1. The van der Waals surface area contributed by atoms with Crippen LogP contribution in [-0.2, 0) is 9.59 Å². The van der Waals surface area contributed by atoms with Crippen molar-refractivity contribution < 1.29 is 24.2 Å². The molecular weight excluding hydrogens is 392 g/mol. The number of amides is 1. The molecule has 1 saturated heterocycles. The highest BCUT2D eigenvalue weighted by molar-refractivity contribution is 8.18. The summed E-state index contributed by atoms with van der Waals surface area (Å²) in [5.41, 5.74) is 0.649. The van der Waals surface area contributed by atoms with Gasteiger partial charge in [-0.3, -0.25) is 14.7 Å². The molecule has 9 heteroatoms. The molecule has 1 N–H and O–H groups in total.